The number of halogens is 3. The monoisotopic (exact) mass is 221 g/mol. The van der Waals surface area contributed by atoms with Crippen LogP contribution >= 0.6 is 0 Å². The van der Waals surface area contributed by atoms with E-state index in [1.165, 1.54) is 4.68 Å². The Balaban J connectivity index is 0.000000265. The number of carbonyl (C=O) groups is 1. The highest BCUT2D eigenvalue weighted by Gasteiger charge is 2.38. The molecule has 0 radical (unpaired) electrons. The molecule has 0 amide bonds. The average Bonchev–Trinajstić information content (AvgIpc) is 2.50. The summed E-state index contributed by atoms with van der Waals surface area (Å²) in [5.41, 5.74) is 0.477. The Kier molecular flexibility index (Phi) is 4.19. The standard InChI is InChI=1S/C5H5N3.C2HF3O2/c6-4-5-2-1-3-8(5)7;3-2(4,5)1(6)7/h1-3H,7H2;(H,6,7). The first-order chi connectivity index (χ1) is 6.79. The van der Waals surface area contributed by atoms with Crippen LogP contribution in [0.1, 0.15) is 5.69 Å². The summed E-state index contributed by atoms with van der Waals surface area (Å²) in [4.78, 5) is 8.90. The van der Waals surface area contributed by atoms with Gasteiger partial charge in [0.25, 0.3) is 0 Å². The number of hydrogen-bond acceptors (Lipinski definition) is 3. The van der Waals surface area contributed by atoms with Crippen LogP contribution in [-0.2, 0) is 4.79 Å². The molecule has 0 aliphatic carbocycles. The third kappa shape index (κ3) is 4.56. The van der Waals surface area contributed by atoms with Crippen molar-refractivity contribution in [3.63, 3.8) is 0 Å². The van der Waals surface area contributed by atoms with Crippen molar-refractivity contribution in [2.45, 2.75) is 6.18 Å². The molecule has 5 nitrogen and oxygen atoms in total. The lowest BCUT2D eigenvalue weighted by Crippen LogP contribution is -2.21. The molecule has 0 spiro atoms. The second kappa shape index (κ2) is 4.90. The lowest BCUT2D eigenvalue weighted by Gasteiger charge is -1.93. The normalized spacial score (nSPS) is 9.73. The molecule has 1 aromatic rings. The third-order valence-electron chi connectivity index (χ3n) is 1.14. The van der Waals surface area contributed by atoms with Gasteiger partial charge < -0.3 is 10.9 Å². The minimum atomic E-state index is -5.08. The van der Waals surface area contributed by atoms with Crippen molar-refractivity contribution < 1.29 is 23.1 Å². The molecule has 0 saturated carbocycles. The summed E-state index contributed by atoms with van der Waals surface area (Å²) in [6.07, 6.45) is -3.46. The van der Waals surface area contributed by atoms with Crippen LogP contribution < -0.4 is 5.84 Å². The number of nitrogens with zero attached hydrogens (tertiary/aromatic N) is 2. The quantitative estimate of drug-likeness (QED) is 0.631. The van der Waals surface area contributed by atoms with Gasteiger partial charge in [-0.15, -0.1) is 0 Å². The van der Waals surface area contributed by atoms with Gasteiger partial charge in [-0.05, 0) is 12.1 Å². The molecule has 1 heterocycles. The van der Waals surface area contributed by atoms with Crippen LogP contribution in [-0.4, -0.2) is 21.9 Å². The average molecular weight is 221 g/mol. The van der Waals surface area contributed by atoms with Gasteiger partial charge in [0.2, 0.25) is 0 Å². The highest BCUT2D eigenvalue weighted by molar-refractivity contribution is 5.73. The van der Waals surface area contributed by atoms with Crippen LogP contribution in [0.25, 0.3) is 0 Å². The van der Waals surface area contributed by atoms with Crippen molar-refractivity contribution in [3.8, 4) is 6.07 Å². The topological polar surface area (TPSA) is 92.0 Å². The van der Waals surface area contributed by atoms with Gasteiger partial charge in [-0.25, -0.2) is 4.79 Å². The Morgan fingerprint density at radius 2 is 2.07 bits per heavy atom. The zero-order valence-electron chi connectivity index (χ0n) is 7.19. The molecule has 0 aromatic carbocycles. The maximum Gasteiger partial charge on any atom is 0.490 e. The van der Waals surface area contributed by atoms with Gasteiger partial charge >= 0.3 is 12.1 Å². The smallest absolute Gasteiger partial charge is 0.475 e. The Labute approximate surface area is 82.1 Å². The van der Waals surface area contributed by atoms with Crippen LogP contribution in [0.5, 0.6) is 0 Å². The number of aliphatic carboxylic acids is 1. The largest absolute Gasteiger partial charge is 0.490 e. The third-order valence-corrected chi connectivity index (χ3v) is 1.14. The van der Waals surface area contributed by atoms with Gasteiger partial charge in [0.05, 0.1) is 0 Å². The summed E-state index contributed by atoms with van der Waals surface area (Å²) in [5.74, 6) is 2.49. The van der Waals surface area contributed by atoms with Crippen molar-refractivity contribution in [2.75, 3.05) is 5.84 Å². The molecule has 0 unspecified atom stereocenters. The SMILES string of the molecule is N#Cc1cccn1N.O=C(O)C(F)(F)F. The van der Waals surface area contributed by atoms with Crippen LogP contribution in [0.2, 0.25) is 0 Å². The van der Waals surface area contributed by atoms with Gasteiger partial charge in [-0.2, -0.15) is 18.4 Å². The molecule has 1 rings (SSSR count). The Hall–Kier alpha value is -2.17. The van der Waals surface area contributed by atoms with Crippen molar-refractivity contribution in [1.29, 1.82) is 5.26 Å². The van der Waals surface area contributed by atoms with E-state index in [9.17, 15) is 13.2 Å². The Morgan fingerprint density at radius 1 is 1.60 bits per heavy atom. The number of hydrogen-bond donors (Lipinski definition) is 2. The number of aromatic nitrogens is 1. The molecule has 0 atom stereocenters. The number of carboxylic acids is 1. The van der Waals surface area contributed by atoms with E-state index in [-0.39, 0.29) is 0 Å². The van der Waals surface area contributed by atoms with E-state index in [1.807, 2.05) is 6.07 Å². The maximum atomic E-state index is 10.6. The number of carboxylic acid groups (broad SMARTS) is 1. The van der Waals surface area contributed by atoms with Crippen LogP contribution in [0.15, 0.2) is 18.3 Å². The zero-order valence-corrected chi connectivity index (χ0v) is 7.19. The molecular weight excluding hydrogens is 215 g/mol. The molecule has 1 aromatic heterocycles. The van der Waals surface area contributed by atoms with E-state index in [1.54, 1.807) is 18.3 Å². The van der Waals surface area contributed by atoms with Gasteiger partial charge in [-0.3, -0.25) is 4.68 Å². The maximum absolute atomic E-state index is 10.6. The van der Waals surface area contributed by atoms with Gasteiger partial charge in [0, 0.05) is 6.20 Å². The number of nitriles is 1. The van der Waals surface area contributed by atoms with Crippen LogP contribution in [0.4, 0.5) is 13.2 Å². The minimum Gasteiger partial charge on any atom is -0.475 e. The van der Waals surface area contributed by atoms with E-state index < -0.39 is 12.1 Å². The first kappa shape index (κ1) is 12.8. The van der Waals surface area contributed by atoms with Crippen LogP contribution in [0, 0.1) is 11.3 Å². The summed E-state index contributed by atoms with van der Waals surface area (Å²) < 4.78 is 33.0. The molecule has 82 valence electrons. The predicted octanol–water partition coefficient (Wildman–Crippen LogP) is 0.707. The number of nitrogens with two attached hydrogens (primary N) is 1. The van der Waals surface area contributed by atoms with Gasteiger partial charge in [0.1, 0.15) is 11.8 Å². The fraction of sp³-hybridized carbons (Fsp3) is 0.143. The van der Waals surface area contributed by atoms with E-state index >= 15 is 0 Å². The summed E-state index contributed by atoms with van der Waals surface area (Å²) in [5, 5.41) is 15.4. The van der Waals surface area contributed by atoms with Crippen molar-refractivity contribution >= 4 is 5.97 Å². The summed E-state index contributed by atoms with van der Waals surface area (Å²) in [6.45, 7) is 0. The lowest BCUT2D eigenvalue weighted by atomic mass is 10.5. The molecular formula is C7H6F3N3O2. The molecule has 0 aliphatic rings. The Bertz CT molecular complexity index is 378. The van der Waals surface area contributed by atoms with Crippen LogP contribution in [0.3, 0.4) is 0 Å². The van der Waals surface area contributed by atoms with E-state index in [0.29, 0.717) is 5.69 Å². The van der Waals surface area contributed by atoms with E-state index in [2.05, 4.69) is 0 Å². The van der Waals surface area contributed by atoms with E-state index in [4.69, 9.17) is 21.0 Å². The second-order valence-electron chi connectivity index (χ2n) is 2.22. The molecule has 15 heavy (non-hydrogen) atoms. The highest BCUT2D eigenvalue weighted by atomic mass is 19.4. The first-order valence-corrected chi connectivity index (χ1v) is 3.41. The second-order valence-corrected chi connectivity index (χ2v) is 2.22. The molecule has 3 N–H and O–H groups in total. The number of nitrogen functional groups attached to an aromatic ring is 1. The summed E-state index contributed by atoms with van der Waals surface area (Å²) >= 11 is 0. The lowest BCUT2D eigenvalue weighted by molar-refractivity contribution is -0.192. The molecule has 0 saturated heterocycles. The minimum absolute atomic E-state index is 0.477. The first-order valence-electron chi connectivity index (χ1n) is 3.41. The molecule has 0 fully saturated rings. The fourth-order valence-corrected chi connectivity index (χ4v) is 0.488. The van der Waals surface area contributed by atoms with Crippen molar-refractivity contribution in [2.24, 2.45) is 0 Å². The fourth-order valence-electron chi connectivity index (χ4n) is 0.488. The van der Waals surface area contributed by atoms with E-state index in [0.717, 1.165) is 0 Å². The highest BCUT2D eigenvalue weighted by Crippen LogP contribution is 2.13. The van der Waals surface area contributed by atoms with Gasteiger partial charge in [-0.1, -0.05) is 0 Å². The number of alkyl halides is 3. The zero-order chi connectivity index (χ0) is 12.1. The predicted molar refractivity (Wildman–Crippen MR) is 43.0 cm³/mol. The molecule has 8 heteroatoms. The summed E-state index contributed by atoms with van der Waals surface area (Å²) in [6, 6.07) is 5.29. The molecule has 0 bridgehead atoms. The van der Waals surface area contributed by atoms with Crippen molar-refractivity contribution in [1.82, 2.24) is 4.68 Å². The van der Waals surface area contributed by atoms with Crippen molar-refractivity contribution in [3.05, 3.63) is 24.0 Å². The molecule has 0 aliphatic heterocycles. The Morgan fingerprint density at radius 3 is 2.20 bits per heavy atom. The van der Waals surface area contributed by atoms with Gasteiger partial charge in [0.15, 0.2) is 0 Å². The number of rotatable bonds is 0. The summed E-state index contributed by atoms with van der Waals surface area (Å²) in [7, 11) is 0.